The molecule has 5 aliphatic heterocycles. The second-order valence-electron chi connectivity index (χ2n) is 12.0. The van der Waals surface area contributed by atoms with Gasteiger partial charge in [0.2, 0.25) is 12.0 Å². The number of carbonyl (C=O) groups is 2. The number of allylic oxidation sites excluding steroid dienone is 1. The van der Waals surface area contributed by atoms with Gasteiger partial charge < -0.3 is 63.6 Å². The molecule has 0 bridgehead atoms. The summed E-state index contributed by atoms with van der Waals surface area (Å²) in [7, 11) is 1.49. The molecule has 16 heteroatoms. The van der Waals surface area contributed by atoms with E-state index in [0.29, 0.717) is 36.1 Å². The standard InChI is InChI=1S/C33H34N2O14/c1-43-32-21(46-14-36)3-2-18-19-12-44-22-7-17(47-33-29(42)28(41)27(40)23(48-33)13-45-25(39)8-24(37)38)6-16(26(22)30(19)49-31(18)32)10-35-9-15-4-5-34-20(15)11-35/h2-7,11,19,23,27-30,33,36,40-42H,8-10,12-14H2,1H3,(H,37,38). The number of rotatable bonds is 11. The van der Waals surface area contributed by atoms with Gasteiger partial charge >= 0.3 is 11.9 Å². The summed E-state index contributed by atoms with van der Waals surface area (Å²) < 4.78 is 40.5. The molecule has 260 valence electrons. The van der Waals surface area contributed by atoms with Crippen LogP contribution >= 0.6 is 0 Å². The van der Waals surface area contributed by atoms with E-state index in [1.54, 1.807) is 24.4 Å². The average Bonchev–Trinajstić information content (AvgIpc) is 3.77. The summed E-state index contributed by atoms with van der Waals surface area (Å²) in [5.74, 6) is -0.872. The van der Waals surface area contributed by atoms with Crippen molar-refractivity contribution in [1.29, 1.82) is 0 Å². The lowest BCUT2D eigenvalue weighted by atomic mass is 9.86. The van der Waals surface area contributed by atoms with Gasteiger partial charge in [0.15, 0.2) is 18.3 Å². The highest BCUT2D eigenvalue weighted by Crippen LogP contribution is 2.57. The number of nitrogens with zero attached hydrogens (tertiary/aromatic N) is 2. The van der Waals surface area contributed by atoms with Crippen LogP contribution in [0.25, 0.3) is 0 Å². The molecule has 2 aromatic carbocycles. The molecule has 2 aromatic rings. The number of carboxylic acid groups (broad SMARTS) is 1. The predicted molar refractivity (Wildman–Crippen MR) is 164 cm³/mol. The zero-order valence-electron chi connectivity index (χ0n) is 26.1. The van der Waals surface area contributed by atoms with E-state index in [4.69, 9.17) is 38.3 Å². The number of aliphatic imine (C=N–C) groups is 1. The number of esters is 1. The molecule has 5 aliphatic rings. The van der Waals surface area contributed by atoms with Crippen LogP contribution in [-0.4, -0.2) is 113 Å². The number of methoxy groups -OCH3 is 1. The van der Waals surface area contributed by atoms with Crippen molar-refractivity contribution in [2.24, 2.45) is 4.99 Å². The molecule has 7 unspecified atom stereocenters. The minimum Gasteiger partial charge on any atom is -0.492 e. The Balaban J connectivity index is 1.19. The van der Waals surface area contributed by atoms with Crippen molar-refractivity contribution < 1.29 is 68.3 Å². The molecule has 0 amide bonds. The average molecular weight is 683 g/mol. The third-order valence-corrected chi connectivity index (χ3v) is 8.94. The molecule has 5 N–H and O–H groups in total. The monoisotopic (exact) mass is 682 g/mol. The second-order valence-corrected chi connectivity index (χ2v) is 12.0. The zero-order chi connectivity index (χ0) is 34.4. The van der Waals surface area contributed by atoms with Gasteiger partial charge in [0.1, 0.15) is 55.0 Å². The van der Waals surface area contributed by atoms with E-state index in [1.807, 2.05) is 18.3 Å². The molecule has 1 saturated heterocycles. The first-order valence-corrected chi connectivity index (χ1v) is 15.5. The van der Waals surface area contributed by atoms with E-state index in [9.17, 15) is 30.0 Å². The summed E-state index contributed by atoms with van der Waals surface area (Å²) in [4.78, 5) is 29.1. The molecule has 0 aliphatic carbocycles. The molecule has 7 rings (SSSR count). The molecule has 0 radical (unpaired) electrons. The maximum atomic E-state index is 11.8. The van der Waals surface area contributed by atoms with E-state index in [0.717, 1.165) is 28.0 Å². The van der Waals surface area contributed by atoms with Crippen LogP contribution in [0.4, 0.5) is 0 Å². The summed E-state index contributed by atoms with van der Waals surface area (Å²) in [6.07, 6.45) is -3.69. The Morgan fingerprint density at radius 2 is 1.96 bits per heavy atom. The van der Waals surface area contributed by atoms with Crippen LogP contribution in [-0.2, 0) is 25.6 Å². The van der Waals surface area contributed by atoms with Gasteiger partial charge in [0, 0.05) is 48.3 Å². The number of ether oxygens (including phenoxy) is 7. The SMILES string of the molecule is COc1c(OCO)ccc2c1OC1c3c(CN4C=C5N=CC=C5C4)cc(OC4OC(COC(=O)CC(=O)O)C(O)C(O)C4O)cc3OCC21. The Labute approximate surface area is 278 Å². The molecule has 0 spiro atoms. The van der Waals surface area contributed by atoms with Gasteiger partial charge in [-0.05, 0) is 23.8 Å². The fraction of sp³-hybridized carbons (Fsp3) is 0.424. The van der Waals surface area contributed by atoms with Crippen molar-refractivity contribution in [2.45, 2.75) is 55.7 Å². The fourth-order valence-corrected chi connectivity index (χ4v) is 6.66. The summed E-state index contributed by atoms with van der Waals surface area (Å²) in [6.45, 7) is 0.0998. The lowest BCUT2D eigenvalue weighted by Gasteiger charge is -2.40. The minimum atomic E-state index is -1.74. The van der Waals surface area contributed by atoms with Gasteiger partial charge in [-0.3, -0.25) is 14.6 Å². The van der Waals surface area contributed by atoms with Crippen LogP contribution < -0.4 is 23.7 Å². The van der Waals surface area contributed by atoms with Crippen molar-refractivity contribution >= 4 is 18.2 Å². The van der Waals surface area contributed by atoms with Crippen LogP contribution in [0.3, 0.4) is 0 Å². The first kappa shape index (κ1) is 32.7. The van der Waals surface area contributed by atoms with Crippen molar-refractivity contribution in [3.8, 4) is 28.7 Å². The smallest absolute Gasteiger partial charge is 0.317 e. The topological polar surface area (TPSA) is 215 Å². The summed E-state index contributed by atoms with van der Waals surface area (Å²) in [5.41, 5.74) is 4.29. The van der Waals surface area contributed by atoms with Crippen LogP contribution in [0.1, 0.15) is 35.1 Å². The third kappa shape index (κ3) is 6.13. The number of carboxylic acids is 1. The van der Waals surface area contributed by atoms with Crippen molar-refractivity contribution in [1.82, 2.24) is 4.90 Å². The van der Waals surface area contributed by atoms with E-state index in [1.165, 1.54) is 7.11 Å². The van der Waals surface area contributed by atoms with E-state index < -0.39 is 68.6 Å². The first-order chi connectivity index (χ1) is 23.6. The lowest BCUT2D eigenvalue weighted by Crippen LogP contribution is -2.60. The van der Waals surface area contributed by atoms with Gasteiger partial charge in [-0.25, -0.2) is 0 Å². The minimum absolute atomic E-state index is 0.206. The largest absolute Gasteiger partial charge is 0.492 e. The number of aliphatic hydroxyl groups excluding tert-OH is 4. The van der Waals surface area contributed by atoms with Crippen molar-refractivity contribution in [3.63, 3.8) is 0 Å². The third-order valence-electron chi connectivity index (χ3n) is 8.94. The van der Waals surface area contributed by atoms with Gasteiger partial charge in [-0.1, -0.05) is 6.07 Å². The Bertz CT molecular complexity index is 1740. The molecule has 1 fully saturated rings. The molecule has 0 aromatic heterocycles. The second kappa shape index (κ2) is 13.2. The quantitative estimate of drug-likeness (QED) is 0.124. The molecule has 7 atom stereocenters. The first-order valence-electron chi connectivity index (χ1n) is 15.5. The summed E-state index contributed by atoms with van der Waals surface area (Å²) in [5, 5.41) is 50.0. The highest BCUT2D eigenvalue weighted by Gasteiger charge is 2.47. The number of aliphatic hydroxyl groups is 4. The van der Waals surface area contributed by atoms with Crippen LogP contribution in [0.5, 0.6) is 28.7 Å². The van der Waals surface area contributed by atoms with Gasteiger partial charge in [-0.15, -0.1) is 0 Å². The Hall–Kier alpha value is -4.87. The van der Waals surface area contributed by atoms with Gasteiger partial charge in [-0.2, -0.15) is 0 Å². The van der Waals surface area contributed by atoms with Crippen LogP contribution in [0, 0.1) is 0 Å². The summed E-state index contributed by atoms with van der Waals surface area (Å²) in [6, 6.07) is 6.91. The van der Waals surface area contributed by atoms with Crippen molar-refractivity contribution in [2.75, 3.05) is 33.7 Å². The number of carbonyl (C=O) groups excluding carboxylic acids is 1. The zero-order valence-corrected chi connectivity index (χ0v) is 26.1. The number of fused-ring (bicyclic) bond motifs is 6. The highest BCUT2D eigenvalue weighted by atomic mass is 16.7. The maximum Gasteiger partial charge on any atom is 0.317 e. The normalized spacial score (nSPS) is 27.4. The lowest BCUT2D eigenvalue weighted by molar-refractivity contribution is -0.278. The molecular formula is C33H34N2O14. The Morgan fingerprint density at radius 3 is 2.71 bits per heavy atom. The Kier molecular flexibility index (Phi) is 8.81. The predicted octanol–water partition coefficient (Wildman–Crippen LogP) is 0.506. The molecular weight excluding hydrogens is 648 g/mol. The molecule has 0 saturated carbocycles. The maximum absolute atomic E-state index is 11.8. The molecule has 49 heavy (non-hydrogen) atoms. The summed E-state index contributed by atoms with van der Waals surface area (Å²) >= 11 is 0. The van der Waals surface area contributed by atoms with Crippen molar-refractivity contribution in [3.05, 3.63) is 64.5 Å². The fourth-order valence-electron chi connectivity index (χ4n) is 6.66. The van der Waals surface area contributed by atoms with Gasteiger partial charge in [0.25, 0.3) is 0 Å². The molecule has 16 nitrogen and oxygen atoms in total. The van der Waals surface area contributed by atoms with E-state index in [2.05, 4.69) is 9.89 Å². The number of hydrogen-bond donors (Lipinski definition) is 5. The van der Waals surface area contributed by atoms with Crippen LogP contribution in [0.2, 0.25) is 0 Å². The van der Waals surface area contributed by atoms with Crippen LogP contribution in [0.15, 0.2) is 52.8 Å². The number of benzene rings is 2. The van der Waals surface area contributed by atoms with E-state index >= 15 is 0 Å². The molecule has 5 heterocycles. The number of hydrogen-bond acceptors (Lipinski definition) is 15. The highest BCUT2D eigenvalue weighted by molar-refractivity contribution is 5.90. The van der Waals surface area contributed by atoms with Gasteiger partial charge in [0.05, 0.1) is 25.3 Å². The van der Waals surface area contributed by atoms with E-state index in [-0.39, 0.29) is 18.3 Å². The number of aliphatic carboxylic acids is 1. The Morgan fingerprint density at radius 1 is 1.12 bits per heavy atom.